The van der Waals surface area contributed by atoms with Gasteiger partial charge in [-0.25, -0.2) is 0 Å². The van der Waals surface area contributed by atoms with Gasteiger partial charge in [0.15, 0.2) is 0 Å². The van der Waals surface area contributed by atoms with E-state index in [2.05, 4.69) is 4.90 Å². The number of aromatic nitrogens is 1. The molecule has 2 amide bonds. The minimum Gasteiger partial charge on any atom is -0.370 e. The normalized spacial score (nSPS) is 18.9. The lowest BCUT2D eigenvalue weighted by molar-refractivity contribution is -0.123. The van der Waals surface area contributed by atoms with Crippen LogP contribution in [-0.2, 0) is 16.6 Å². The van der Waals surface area contributed by atoms with Crippen LogP contribution >= 0.6 is 24.0 Å². The minimum atomic E-state index is -0.279. The number of primary amides is 1. The predicted octanol–water partition coefficient (Wildman–Crippen LogP) is 2.85. The summed E-state index contributed by atoms with van der Waals surface area (Å²) in [5, 5.41) is 0.933. The number of hydrogen-bond acceptors (Lipinski definition) is 6. The Morgan fingerprint density at radius 1 is 1.25 bits per heavy atom. The molecular weight excluding hydrogens is 444 g/mol. The zero-order valence-corrected chi connectivity index (χ0v) is 19.8. The second kappa shape index (κ2) is 9.07. The van der Waals surface area contributed by atoms with Crippen molar-refractivity contribution >= 4 is 62.8 Å². The van der Waals surface area contributed by atoms with Crippen molar-refractivity contribution in [3.8, 4) is 0 Å². The van der Waals surface area contributed by atoms with Gasteiger partial charge in [0.05, 0.1) is 21.7 Å². The third-order valence-electron chi connectivity index (χ3n) is 6.12. The molecule has 3 heterocycles. The summed E-state index contributed by atoms with van der Waals surface area (Å²) in [6, 6.07) is 7.75. The Morgan fingerprint density at radius 2 is 1.94 bits per heavy atom. The van der Waals surface area contributed by atoms with Crippen LogP contribution in [-0.4, -0.2) is 45.2 Å². The Morgan fingerprint density at radius 3 is 2.59 bits per heavy atom. The van der Waals surface area contributed by atoms with Crippen molar-refractivity contribution in [2.75, 3.05) is 24.5 Å². The lowest BCUT2D eigenvalue weighted by Crippen LogP contribution is -2.40. The lowest BCUT2D eigenvalue weighted by Gasteiger charge is -2.34. The summed E-state index contributed by atoms with van der Waals surface area (Å²) >= 11 is 6.63. The average Bonchev–Trinajstić information content (AvgIpc) is 3.05. The second-order valence-electron chi connectivity index (χ2n) is 8.14. The summed E-state index contributed by atoms with van der Waals surface area (Å²) in [4.78, 5) is 42.2. The number of piperidine rings is 1. The van der Waals surface area contributed by atoms with Crippen molar-refractivity contribution in [3.63, 3.8) is 0 Å². The molecule has 9 heteroatoms. The Bertz CT molecular complexity index is 1200. The highest BCUT2D eigenvalue weighted by molar-refractivity contribution is 8.26. The standard InChI is InChI=1S/C23H26N4O3S2/c1-3-10-27-22(30)18(32-23(27)31)13-16-19(26-11-8-14(9-12-26)20(24)28)15-6-4-5-7-17(15)25(2)21(16)29/h4-7,13-14H,3,8-12H2,1-2H3,(H2,24,28). The number of carbonyl (C=O) groups excluding carboxylic acids is 2. The number of nitrogens with zero attached hydrogens (tertiary/aromatic N) is 3. The Hall–Kier alpha value is -2.65. The number of para-hydroxylation sites is 1. The van der Waals surface area contributed by atoms with Crippen LogP contribution in [0.15, 0.2) is 34.0 Å². The highest BCUT2D eigenvalue weighted by Gasteiger charge is 2.33. The van der Waals surface area contributed by atoms with Crippen molar-refractivity contribution in [2.45, 2.75) is 26.2 Å². The number of hydrogen-bond donors (Lipinski definition) is 1. The molecule has 2 fully saturated rings. The third-order valence-corrected chi connectivity index (χ3v) is 7.50. The first-order valence-electron chi connectivity index (χ1n) is 10.7. The van der Waals surface area contributed by atoms with Crippen molar-refractivity contribution < 1.29 is 9.59 Å². The van der Waals surface area contributed by atoms with E-state index in [1.165, 1.54) is 11.8 Å². The number of aryl methyl sites for hydroxylation is 1. The molecule has 2 saturated heterocycles. The molecule has 1 aromatic heterocycles. The number of amides is 2. The number of carbonyl (C=O) groups is 2. The molecule has 0 radical (unpaired) electrons. The van der Waals surface area contributed by atoms with Gasteiger partial charge in [0.25, 0.3) is 11.5 Å². The zero-order valence-electron chi connectivity index (χ0n) is 18.2. The van der Waals surface area contributed by atoms with Crippen LogP contribution in [0.5, 0.6) is 0 Å². The number of anilines is 1. The summed E-state index contributed by atoms with van der Waals surface area (Å²) in [6.07, 6.45) is 3.77. The summed E-state index contributed by atoms with van der Waals surface area (Å²) in [7, 11) is 1.74. The molecule has 2 aliphatic rings. The lowest BCUT2D eigenvalue weighted by atomic mass is 9.94. The Kier molecular flexibility index (Phi) is 6.39. The fourth-order valence-electron chi connectivity index (χ4n) is 4.41. The number of rotatable bonds is 5. The molecule has 0 bridgehead atoms. The van der Waals surface area contributed by atoms with Crippen molar-refractivity contribution in [1.29, 1.82) is 0 Å². The van der Waals surface area contributed by atoms with Gasteiger partial charge in [-0.3, -0.25) is 19.3 Å². The highest BCUT2D eigenvalue weighted by Crippen LogP contribution is 2.37. The van der Waals surface area contributed by atoms with Crippen LogP contribution in [0.2, 0.25) is 0 Å². The maximum atomic E-state index is 13.5. The molecule has 0 saturated carbocycles. The molecule has 1 aromatic carbocycles. The van der Waals surface area contributed by atoms with Crippen LogP contribution in [0.3, 0.4) is 0 Å². The molecule has 4 rings (SSSR count). The molecule has 0 spiro atoms. The second-order valence-corrected chi connectivity index (χ2v) is 9.82. The molecule has 0 atom stereocenters. The van der Waals surface area contributed by atoms with E-state index in [9.17, 15) is 14.4 Å². The number of thioether (sulfide) groups is 1. The maximum Gasteiger partial charge on any atom is 0.266 e. The van der Waals surface area contributed by atoms with Gasteiger partial charge in [-0.2, -0.15) is 0 Å². The van der Waals surface area contributed by atoms with E-state index in [0.29, 0.717) is 47.3 Å². The highest BCUT2D eigenvalue weighted by atomic mass is 32.2. The zero-order chi connectivity index (χ0) is 23.0. The van der Waals surface area contributed by atoms with Gasteiger partial charge in [-0.1, -0.05) is 49.1 Å². The molecule has 0 unspecified atom stereocenters. The summed E-state index contributed by atoms with van der Waals surface area (Å²) in [6.45, 7) is 3.78. The van der Waals surface area contributed by atoms with Gasteiger partial charge >= 0.3 is 0 Å². The van der Waals surface area contributed by atoms with Crippen LogP contribution in [0.1, 0.15) is 31.7 Å². The number of benzene rings is 1. The van der Waals surface area contributed by atoms with E-state index < -0.39 is 0 Å². The molecule has 2 N–H and O–H groups in total. The number of pyridine rings is 1. The fraction of sp³-hybridized carbons (Fsp3) is 0.391. The van der Waals surface area contributed by atoms with Gasteiger partial charge in [-0.05, 0) is 31.4 Å². The van der Waals surface area contributed by atoms with Gasteiger partial charge in [0, 0.05) is 38.0 Å². The average molecular weight is 471 g/mol. The van der Waals surface area contributed by atoms with E-state index in [-0.39, 0.29) is 23.3 Å². The van der Waals surface area contributed by atoms with E-state index >= 15 is 0 Å². The maximum absolute atomic E-state index is 13.5. The van der Waals surface area contributed by atoms with Crippen molar-refractivity contribution in [3.05, 3.63) is 45.1 Å². The molecule has 2 aromatic rings. The minimum absolute atomic E-state index is 0.155. The molecule has 0 aliphatic carbocycles. The number of fused-ring (bicyclic) bond motifs is 1. The quantitative estimate of drug-likeness (QED) is 0.534. The van der Waals surface area contributed by atoms with Crippen molar-refractivity contribution in [1.82, 2.24) is 9.47 Å². The van der Waals surface area contributed by atoms with E-state index in [1.54, 1.807) is 22.6 Å². The fourth-order valence-corrected chi connectivity index (χ4v) is 5.70. The first-order valence-corrected chi connectivity index (χ1v) is 12.0. The summed E-state index contributed by atoms with van der Waals surface area (Å²) in [5.74, 6) is -0.591. The largest absolute Gasteiger partial charge is 0.370 e. The number of nitrogens with two attached hydrogens (primary N) is 1. The molecular formula is C23H26N4O3S2. The van der Waals surface area contributed by atoms with Crippen molar-refractivity contribution in [2.24, 2.45) is 18.7 Å². The van der Waals surface area contributed by atoms with Gasteiger partial charge in [0.2, 0.25) is 5.91 Å². The first kappa shape index (κ1) is 22.5. The van der Waals surface area contributed by atoms with E-state index in [4.69, 9.17) is 18.0 Å². The molecule has 7 nitrogen and oxygen atoms in total. The summed E-state index contributed by atoms with van der Waals surface area (Å²) < 4.78 is 2.14. The number of thiocarbonyl (C=S) groups is 1. The first-order chi connectivity index (χ1) is 15.3. The van der Waals surface area contributed by atoms with E-state index in [1.807, 2.05) is 31.2 Å². The van der Waals surface area contributed by atoms with Crippen LogP contribution in [0, 0.1) is 5.92 Å². The van der Waals surface area contributed by atoms with Gasteiger partial charge < -0.3 is 15.2 Å². The molecule has 168 valence electrons. The Balaban J connectivity index is 1.86. The monoisotopic (exact) mass is 470 g/mol. The third kappa shape index (κ3) is 3.95. The summed E-state index contributed by atoms with van der Waals surface area (Å²) in [5.41, 5.74) is 7.43. The smallest absolute Gasteiger partial charge is 0.266 e. The van der Waals surface area contributed by atoms with Gasteiger partial charge in [0.1, 0.15) is 4.32 Å². The van der Waals surface area contributed by atoms with Gasteiger partial charge in [-0.15, -0.1) is 0 Å². The molecule has 2 aliphatic heterocycles. The van der Waals surface area contributed by atoms with E-state index in [0.717, 1.165) is 23.0 Å². The van der Waals surface area contributed by atoms with Crippen LogP contribution in [0.25, 0.3) is 17.0 Å². The topological polar surface area (TPSA) is 88.6 Å². The molecule has 32 heavy (non-hydrogen) atoms. The van der Waals surface area contributed by atoms with Crippen LogP contribution in [0.4, 0.5) is 5.69 Å². The Labute approximate surface area is 196 Å². The SMILES string of the molecule is CCCN1C(=O)C(=Cc2c(N3CCC(C(N)=O)CC3)c3ccccc3n(C)c2=O)SC1=S. The van der Waals surface area contributed by atoms with Crippen LogP contribution < -0.4 is 16.2 Å². The predicted molar refractivity (Wildman–Crippen MR) is 133 cm³/mol.